The molecule has 0 aliphatic carbocycles. The molecule has 0 saturated carbocycles. The summed E-state index contributed by atoms with van der Waals surface area (Å²) in [5, 5.41) is 19.5. The van der Waals surface area contributed by atoms with Gasteiger partial charge in [-0.15, -0.1) is 0 Å². The fourth-order valence-electron chi connectivity index (χ4n) is 9.05. The number of aliphatic imine (C=N–C) groups is 2. The van der Waals surface area contributed by atoms with Crippen LogP contribution in [0.2, 0.25) is 0 Å². The van der Waals surface area contributed by atoms with Crippen LogP contribution in [0.25, 0.3) is 10.9 Å². The quantitative estimate of drug-likeness (QED) is 0.0357. The Kier molecular flexibility index (Phi) is 25.7. The van der Waals surface area contributed by atoms with Gasteiger partial charge >= 0.3 is 0 Å². The van der Waals surface area contributed by atoms with E-state index in [0.717, 1.165) is 16.5 Å². The van der Waals surface area contributed by atoms with Gasteiger partial charge in [0.25, 0.3) is 0 Å². The van der Waals surface area contributed by atoms with Crippen LogP contribution in [0.3, 0.4) is 0 Å². The maximum atomic E-state index is 14.8. The zero-order valence-corrected chi connectivity index (χ0v) is 44.4. The first-order chi connectivity index (χ1) is 37.2. The van der Waals surface area contributed by atoms with Gasteiger partial charge in [0.1, 0.15) is 30.0 Å². The fourth-order valence-corrected chi connectivity index (χ4v) is 9.05. The average Bonchev–Trinajstić information content (AvgIpc) is 3.81. The largest absolute Gasteiger partial charge is 0.370 e. The molecule has 0 radical (unpaired) electrons. The van der Waals surface area contributed by atoms with Gasteiger partial charge < -0.3 is 70.9 Å². The third kappa shape index (κ3) is 22.1. The summed E-state index contributed by atoms with van der Waals surface area (Å²) in [4.78, 5) is 149. The molecule has 4 rings (SSSR count). The van der Waals surface area contributed by atoms with Crippen LogP contribution in [0.4, 0.5) is 0 Å². The van der Waals surface area contributed by atoms with E-state index in [0.29, 0.717) is 5.56 Å². The lowest BCUT2D eigenvalue weighted by Crippen LogP contribution is -2.58. The second-order valence-electron chi connectivity index (χ2n) is 19.5. The maximum Gasteiger partial charge on any atom is 0.243 e. The number of guanidine groups is 2. The first-order valence-electron chi connectivity index (χ1n) is 26.2. The summed E-state index contributed by atoms with van der Waals surface area (Å²) in [5.41, 5.74) is 30.1. The predicted molar refractivity (Wildman–Crippen MR) is 292 cm³/mol. The Hall–Kier alpha value is -8.38. The molecular weight excluding hydrogens is 1010 g/mol. The van der Waals surface area contributed by atoms with Crippen LogP contribution in [0, 0.1) is 11.8 Å². The highest BCUT2D eigenvalue weighted by atomic mass is 16.2. The van der Waals surface area contributed by atoms with Crippen molar-refractivity contribution in [1.82, 2.24) is 42.2 Å². The Morgan fingerprint density at radius 1 is 0.679 bits per heavy atom. The van der Waals surface area contributed by atoms with Crippen molar-refractivity contribution in [1.29, 1.82) is 0 Å². The van der Waals surface area contributed by atoms with Gasteiger partial charge in [-0.05, 0) is 87.8 Å². The highest BCUT2D eigenvalue weighted by Crippen LogP contribution is 2.26. The second kappa shape index (κ2) is 32.3. The van der Waals surface area contributed by atoms with Crippen LogP contribution in [0.15, 0.2) is 70.8 Å². The standard InChI is InChI=1S/C53H77N15O10/c1-31(69)59-22-11-20-41-50(77)67-42(25-33-13-4-3-5-14-33)45(72)27-34(15-10-23-61-52(55)56)44(71)28-35(26-36-30-63-38-17-7-6-16-37(36)38)48(75)65-39(47(54)74)18-8-9-21-60-46(73)29-43(51(78)66-41)68-49(76)40(64-32(2)70)19-12-24-62-53(57)58/h3-7,13-14,16-17,30,34-35,39-43,63H,8-12,15,18-29H2,1-2H3,(H2,54,74)(H,59,69)(H,60,73)(H,64,70)(H,65,75)(H,66,78)(H,67,77)(H,68,76)(H4,55,56,61)(H4,57,58,62)/t34-,35-,39+,40+,41+,42-,43+/m1/s1. The van der Waals surface area contributed by atoms with Crippen LogP contribution in [-0.4, -0.2) is 132 Å². The number of fused-ring (bicyclic) bond motifs is 1. The van der Waals surface area contributed by atoms with Gasteiger partial charge in [-0.1, -0.05) is 48.5 Å². The van der Waals surface area contributed by atoms with E-state index in [1.165, 1.54) is 13.8 Å². The van der Waals surface area contributed by atoms with Crippen LogP contribution in [0.1, 0.15) is 102 Å². The number of hydrogen-bond acceptors (Lipinski definition) is 12. The van der Waals surface area contributed by atoms with Crippen molar-refractivity contribution in [2.75, 3.05) is 26.2 Å². The minimum Gasteiger partial charge on any atom is -0.370 e. The lowest BCUT2D eigenvalue weighted by Gasteiger charge is -2.27. The van der Waals surface area contributed by atoms with E-state index in [1.807, 2.05) is 24.3 Å². The molecule has 1 aliphatic rings. The molecule has 0 bridgehead atoms. The van der Waals surface area contributed by atoms with Crippen molar-refractivity contribution in [3.8, 4) is 0 Å². The molecule has 3 aromatic rings. The number of rotatable bonds is 20. The van der Waals surface area contributed by atoms with Crippen molar-refractivity contribution in [2.24, 2.45) is 50.5 Å². The summed E-state index contributed by atoms with van der Waals surface area (Å²) in [5.74, 6) is -9.19. The molecule has 0 spiro atoms. The smallest absolute Gasteiger partial charge is 0.243 e. The number of carbonyl (C=O) groups is 10. The minimum atomic E-state index is -1.64. The zero-order chi connectivity index (χ0) is 57.1. The van der Waals surface area contributed by atoms with Crippen molar-refractivity contribution >= 4 is 81.6 Å². The van der Waals surface area contributed by atoms with Crippen LogP contribution >= 0.6 is 0 Å². The number of ketones is 2. The summed E-state index contributed by atoms with van der Waals surface area (Å²) in [6, 6.07) is 9.41. The van der Waals surface area contributed by atoms with Gasteiger partial charge in [-0.3, -0.25) is 57.9 Å². The molecule has 8 amide bonds. The number of nitrogens with two attached hydrogens (primary N) is 5. The first-order valence-corrected chi connectivity index (χ1v) is 26.2. The average molecular weight is 1080 g/mol. The number of Topliss-reactive ketones (excluding diaryl/α,β-unsaturated/α-hetero) is 2. The van der Waals surface area contributed by atoms with Gasteiger partial charge in [0.05, 0.1) is 12.5 Å². The zero-order valence-electron chi connectivity index (χ0n) is 44.4. The summed E-state index contributed by atoms with van der Waals surface area (Å²) in [7, 11) is 0. The number of para-hydroxylation sites is 1. The summed E-state index contributed by atoms with van der Waals surface area (Å²) in [6.07, 6.45) is 1.55. The topological polar surface area (TPSA) is 426 Å². The molecule has 78 heavy (non-hydrogen) atoms. The molecule has 25 heteroatoms. The molecule has 18 N–H and O–H groups in total. The number of H-pyrrole nitrogens is 1. The van der Waals surface area contributed by atoms with Crippen molar-refractivity contribution in [3.63, 3.8) is 0 Å². The number of hydrogen-bond donors (Lipinski definition) is 13. The van der Waals surface area contributed by atoms with E-state index in [4.69, 9.17) is 28.7 Å². The molecule has 25 nitrogen and oxygen atoms in total. The minimum absolute atomic E-state index is 0.0210. The Balaban J connectivity index is 1.80. The Bertz CT molecular complexity index is 2610. The van der Waals surface area contributed by atoms with E-state index in [1.54, 1.807) is 36.5 Å². The van der Waals surface area contributed by atoms with Gasteiger partial charge in [0, 0.05) is 81.8 Å². The van der Waals surface area contributed by atoms with Crippen molar-refractivity contribution in [2.45, 2.75) is 134 Å². The number of aromatic nitrogens is 1. The van der Waals surface area contributed by atoms with Crippen molar-refractivity contribution in [3.05, 3.63) is 71.9 Å². The predicted octanol–water partition coefficient (Wildman–Crippen LogP) is -1.25. The van der Waals surface area contributed by atoms with E-state index < -0.39 is 108 Å². The number of carbonyl (C=O) groups excluding carboxylic acids is 10. The molecule has 1 aromatic heterocycles. The van der Waals surface area contributed by atoms with Crippen LogP contribution in [0.5, 0.6) is 0 Å². The fraction of sp³-hybridized carbons (Fsp3) is 0.509. The third-order valence-corrected chi connectivity index (χ3v) is 13.1. The van der Waals surface area contributed by atoms with E-state index in [9.17, 15) is 47.9 Å². The van der Waals surface area contributed by atoms with Gasteiger partial charge in [0.15, 0.2) is 17.7 Å². The van der Waals surface area contributed by atoms with E-state index in [2.05, 4.69) is 52.2 Å². The van der Waals surface area contributed by atoms with Crippen molar-refractivity contribution < 1.29 is 47.9 Å². The Morgan fingerprint density at radius 3 is 2.03 bits per heavy atom. The number of aromatic amines is 1. The second-order valence-corrected chi connectivity index (χ2v) is 19.5. The molecule has 424 valence electrons. The lowest BCUT2D eigenvalue weighted by atomic mass is 9.83. The number of amides is 8. The summed E-state index contributed by atoms with van der Waals surface area (Å²) >= 11 is 0. The number of nitrogens with one attached hydrogen (secondary N) is 8. The summed E-state index contributed by atoms with van der Waals surface area (Å²) in [6.45, 7) is 2.83. The molecule has 7 atom stereocenters. The van der Waals surface area contributed by atoms with Gasteiger partial charge in [0.2, 0.25) is 47.3 Å². The Labute approximate surface area is 453 Å². The number of benzene rings is 2. The first kappa shape index (κ1) is 62.2. The van der Waals surface area contributed by atoms with Crippen LogP contribution in [-0.2, 0) is 60.8 Å². The molecule has 2 aromatic carbocycles. The molecular formula is C53H77N15O10. The SMILES string of the molecule is CC(=O)NCCC[C@@H]1NC(=O)[C@@H](NC(=O)[C@H](CCCN=C(N)N)NC(C)=O)CC(=O)NCCCC[C@@H](C(N)=O)NC(=O)[C@H](Cc2c[nH]c3ccccc23)CC(=O)[C@H](CCCN=C(N)N)CC(=O)[C@@H](Cc2ccccc2)NC1=O. The summed E-state index contributed by atoms with van der Waals surface area (Å²) < 4.78 is 0. The Morgan fingerprint density at radius 2 is 1.35 bits per heavy atom. The number of primary amides is 1. The third-order valence-electron chi connectivity index (χ3n) is 13.1. The monoisotopic (exact) mass is 1080 g/mol. The van der Waals surface area contributed by atoms with Gasteiger partial charge in [-0.25, -0.2) is 0 Å². The normalized spacial score (nSPS) is 20.8. The van der Waals surface area contributed by atoms with Gasteiger partial charge in [-0.2, -0.15) is 0 Å². The number of nitrogens with zero attached hydrogens (tertiary/aromatic N) is 2. The lowest BCUT2D eigenvalue weighted by molar-refractivity contribution is -0.136. The molecule has 1 aliphatic heterocycles. The molecule has 2 heterocycles. The molecule has 1 saturated heterocycles. The maximum absolute atomic E-state index is 14.8. The highest BCUT2D eigenvalue weighted by molar-refractivity contribution is 5.99. The molecule has 0 unspecified atom stereocenters. The van der Waals surface area contributed by atoms with E-state index >= 15 is 0 Å². The van der Waals surface area contributed by atoms with E-state index in [-0.39, 0.29) is 121 Å². The van der Waals surface area contributed by atoms with Crippen LogP contribution < -0.4 is 65.9 Å². The molecule has 1 fully saturated rings. The highest BCUT2D eigenvalue weighted by Gasteiger charge is 2.35.